The smallest absolute Gasteiger partial charge is 0.361 e. The zero-order chi connectivity index (χ0) is 25.0. The average molecular weight is 488 g/mol. The second-order valence-corrected chi connectivity index (χ2v) is 7.82. The predicted octanol–water partition coefficient (Wildman–Crippen LogP) is 4.51. The first kappa shape index (κ1) is 24.2. The Hall–Kier alpha value is -3.90. The van der Waals surface area contributed by atoms with E-state index < -0.39 is 18.8 Å². The Balaban J connectivity index is 1.39. The normalized spacial score (nSPS) is 11.7. The van der Waals surface area contributed by atoms with E-state index in [-0.39, 0.29) is 0 Å². The van der Waals surface area contributed by atoms with Crippen molar-refractivity contribution in [3.05, 3.63) is 71.4 Å². The number of alkyl halides is 3. The number of aryl methyl sites for hydroxylation is 2. The summed E-state index contributed by atoms with van der Waals surface area (Å²) >= 11 is 0. The van der Waals surface area contributed by atoms with Gasteiger partial charge in [-0.2, -0.15) is 18.7 Å². The summed E-state index contributed by atoms with van der Waals surface area (Å²) in [5, 5.41) is 8.08. The van der Waals surface area contributed by atoms with Gasteiger partial charge in [0.2, 0.25) is 0 Å². The molecule has 0 bridgehead atoms. The van der Waals surface area contributed by atoms with Gasteiger partial charge in [0.05, 0.1) is 24.2 Å². The fourth-order valence-electron chi connectivity index (χ4n) is 3.42. The van der Waals surface area contributed by atoms with Crippen LogP contribution >= 0.6 is 0 Å². The predicted molar refractivity (Wildman–Crippen MR) is 121 cm³/mol. The fraction of sp³-hybridized carbons (Fsp3) is 0.261. The van der Waals surface area contributed by atoms with Gasteiger partial charge in [0, 0.05) is 29.6 Å². The number of pyridine rings is 1. The number of fused-ring (bicyclic) bond motifs is 1. The lowest BCUT2D eigenvalue weighted by molar-refractivity contribution is -0.122. The quantitative estimate of drug-likeness (QED) is 0.249. The fourth-order valence-corrected chi connectivity index (χ4v) is 3.42. The number of rotatable bonds is 8. The molecule has 12 heteroatoms. The van der Waals surface area contributed by atoms with Gasteiger partial charge < -0.3 is 15.2 Å². The molecule has 0 atom stereocenters. The van der Waals surface area contributed by atoms with Crippen molar-refractivity contribution in [1.29, 1.82) is 0 Å². The number of nitrogens with zero attached hydrogens (tertiary/aromatic N) is 3. The summed E-state index contributed by atoms with van der Waals surface area (Å²) in [5.74, 6) is 0.719. The van der Waals surface area contributed by atoms with Gasteiger partial charge in [0.25, 0.3) is 0 Å². The van der Waals surface area contributed by atoms with Crippen molar-refractivity contribution in [1.82, 2.24) is 25.3 Å². The zero-order valence-corrected chi connectivity index (χ0v) is 18.9. The highest BCUT2D eigenvalue weighted by Crippen LogP contribution is 2.24. The molecular formula is C23H23F3N6O3. The molecule has 0 aliphatic rings. The minimum atomic E-state index is -4.48. The molecule has 0 spiro atoms. The lowest BCUT2D eigenvalue weighted by Gasteiger charge is -2.11. The maximum Gasteiger partial charge on any atom is 0.405 e. The first-order valence-corrected chi connectivity index (χ1v) is 10.6. The first-order valence-electron chi connectivity index (χ1n) is 10.6. The van der Waals surface area contributed by atoms with Crippen LogP contribution in [0, 0.1) is 13.8 Å². The minimum Gasteiger partial charge on any atom is -0.361 e. The molecule has 0 radical (unpaired) electrons. The Morgan fingerprint density at radius 1 is 1.20 bits per heavy atom. The summed E-state index contributed by atoms with van der Waals surface area (Å²) in [6.45, 7) is 3.06. The van der Waals surface area contributed by atoms with Gasteiger partial charge in [-0.25, -0.2) is 9.78 Å². The average Bonchev–Trinajstić information content (AvgIpc) is 3.38. The summed E-state index contributed by atoms with van der Waals surface area (Å²) < 4.78 is 43.8. The van der Waals surface area contributed by atoms with Crippen LogP contribution in [0.2, 0.25) is 0 Å². The van der Waals surface area contributed by atoms with Gasteiger partial charge in [-0.05, 0) is 43.7 Å². The SMILES string of the molecule is Cc1noc(C)c1CONCc1ccn2c(-c3cccc(NC(=O)NCC(F)(F)F)c3)cnc2c1. The third-order valence-corrected chi connectivity index (χ3v) is 5.22. The van der Waals surface area contributed by atoms with Crippen LogP contribution in [0.4, 0.5) is 23.7 Å². The Bertz CT molecular complexity index is 1310. The van der Waals surface area contributed by atoms with E-state index in [9.17, 15) is 18.0 Å². The van der Waals surface area contributed by atoms with Gasteiger partial charge in [0.1, 0.15) is 18.0 Å². The van der Waals surface area contributed by atoms with E-state index in [1.54, 1.807) is 29.7 Å². The van der Waals surface area contributed by atoms with Crippen molar-refractivity contribution < 1.29 is 27.3 Å². The number of anilines is 1. The number of urea groups is 1. The molecule has 0 saturated carbocycles. The van der Waals surface area contributed by atoms with Crippen LogP contribution < -0.4 is 16.1 Å². The van der Waals surface area contributed by atoms with Crippen LogP contribution in [-0.4, -0.2) is 33.3 Å². The van der Waals surface area contributed by atoms with Crippen LogP contribution in [0.15, 0.2) is 53.3 Å². The number of halogens is 3. The third kappa shape index (κ3) is 6.16. The second-order valence-electron chi connectivity index (χ2n) is 7.82. The van der Waals surface area contributed by atoms with E-state index in [0.717, 1.165) is 33.8 Å². The number of aromatic nitrogens is 3. The molecule has 4 aromatic rings. The number of benzene rings is 1. The summed E-state index contributed by atoms with van der Waals surface area (Å²) in [6, 6.07) is 9.65. The number of carbonyl (C=O) groups excluding carboxylic acids is 1. The molecule has 0 saturated heterocycles. The van der Waals surface area contributed by atoms with Crippen LogP contribution in [0.3, 0.4) is 0 Å². The van der Waals surface area contributed by atoms with Crippen molar-refractivity contribution in [2.45, 2.75) is 33.2 Å². The molecule has 9 nitrogen and oxygen atoms in total. The second kappa shape index (κ2) is 10.2. The monoisotopic (exact) mass is 488 g/mol. The lowest BCUT2D eigenvalue weighted by atomic mass is 10.1. The molecule has 35 heavy (non-hydrogen) atoms. The summed E-state index contributed by atoms with van der Waals surface area (Å²) in [7, 11) is 0. The molecule has 184 valence electrons. The molecule has 0 unspecified atom stereocenters. The van der Waals surface area contributed by atoms with Crippen LogP contribution in [0.1, 0.15) is 22.6 Å². The van der Waals surface area contributed by atoms with E-state index >= 15 is 0 Å². The maximum absolute atomic E-state index is 12.3. The third-order valence-electron chi connectivity index (χ3n) is 5.22. The topological polar surface area (TPSA) is 106 Å². The Kier molecular flexibility index (Phi) is 7.03. The molecular weight excluding hydrogens is 465 g/mol. The Morgan fingerprint density at radius 2 is 2.03 bits per heavy atom. The summed E-state index contributed by atoms with van der Waals surface area (Å²) in [4.78, 5) is 21.7. The Morgan fingerprint density at radius 3 is 2.77 bits per heavy atom. The van der Waals surface area contributed by atoms with Crippen molar-refractivity contribution in [3.8, 4) is 11.3 Å². The molecule has 0 aliphatic heterocycles. The van der Waals surface area contributed by atoms with Crippen molar-refractivity contribution in [2.75, 3.05) is 11.9 Å². The molecule has 0 fully saturated rings. The van der Waals surface area contributed by atoms with E-state index in [1.165, 1.54) is 0 Å². The van der Waals surface area contributed by atoms with E-state index in [2.05, 4.69) is 20.9 Å². The minimum absolute atomic E-state index is 0.329. The highest BCUT2D eigenvalue weighted by Gasteiger charge is 2.27. The molecule has 2 amide bonds. The molecule has 0 aliphatic carbocycles. The van der Waals surface area contributed by atoms with Gasteiger partial charge in [-0.15, -0.1) is 0 Å². The first-order chi connectivity index (χ1) is 16.7. The standard InChI is InChI=1S/C23H23F3N6O3/c1-14-19(15(2)35-31-14)12-34-29-10-16-6-7-32-20(11-27-21(32)8-16)17-4-3-5-18(9-17)30-22(33)28-13-23(24,25)26/h3-9,11,29H,10,12-13H2,1-2H3,(H2,28,30,33). The number of carbonyl (C=O) groups is 1. The van der Waals surface area contributed by atoms with Crippen molar-refractivity contribution in [3.63, 3.8) is 0 Å². The van der Waals surface area contributed by atoms with Crippen molar-refractivity contribution >= 4 is 17.4 Å². The Labute approximate surface area is 198 Å². The van der Waals surface area contributed by atoms with Gasteiger partial charge in [-0.3, -0.25) is 9.24 Å². The number of hydrogen-bond acceptors (Lipinski definition) is 6. The molecule has 3 heterocycles. The summed E-state index contributed by atoms with van der Waals surface area (Å²) in [6.07, 6.45) is -0.936. The maximum atomic E-state index is 12.3. The molecule has 3 N–H and O–H groups in total. The molecule has 1 aromatic carbocycles. The van der Waals surface area contributed by atoms with Crippen LogP contribution in [0.5, 0.6) is 0 Å². The van der Waals surface area contributed by atoms with Crippen LogP contribution in [-0.2, 0) is 18.0 Å². The van der Waals surface area contributed by atoms with Crippen LogP contribution in [0.25, 0.3) is 16.9 Å². The van der Waals surface area contributed by atoms with Gasteiger partial charge in [-0.1, -0.05) is 17.3 Å². The summed E-state index contributed by atoms with van der Waals surface area (Å²) in [5.41, 5.74) is 8.11. The number of amides is 2. The molecule has 4 rings (SSSR count). The molecule has 3 aromatic heterocycles. The van der Waals surface area contributed by atoms with E-state index in [1.807, 2.05) is 42.6 Å². The number of hydrogen-bond donors (Lipinski definition) is 3. The van der Waals surface area contributed by atoms with E-state index in [4.69, 9.17) is 9.36 Å². The largest absolute Gasteiger partial charge is 0.405 e. The zero-order valence-electron chi connectivity index (χ0n) is 18.9. The number of hydroxylamine groups is 1. The van der Waals surface area contributed by atoms with Gasteiger partial charge >= 0.3 is 12.2 Å². The van der Waals surface area contributed by atoms with Crippen molar-refractivity contribution in [2.24, 2.45) is 0 Å². The lowest BCUT2D eigenvalue weighted by Crippen LogP contribution is -2.36. The van der Waals surface area contributed by atoms with Gasteiger partial charge in [0.15, 0.2) is 0 Å². The number of nitrogens with one attached hydrogen (secondary N) is 3. The number of imidazole rings is 1. The highest BCUT2D eigenvalue weighted by atomic mass is 19.4. The van der Waals surface area contributed by atoms with E-state index in [0.29, 0.717) is 24.5 Å². The highest BCUT2D eigenvalue weighted by molar-refractivity contribution is 5.90.